The maximum atomic E-state index is 11.9. The number of ether oxygens (including phenoxy) is 3. The molecule has 0 radical (unpaired) electrons. The van der Waals surface area contributed by atoms with Crippen LogP contribution in [0, 0.1) is 0 Å². The molecule has 1 aromatic carbocycles. The van der Waals surface area contributed by atoms with Crippen molar-refractivity contribution in [2.75, 3.05) is 27.0 Å². The largest absolute Gasteiger partial charge is 0.498 e. The van der Waals surface area contributed by atoms with Gasteiger partial charge in [-0.25, -0.2) is 0 Å². The van der Waals surface area contributed by atoms with Gasteiger partial charge in [0.1, 0.15) is 17.5 Å². The highest BCUT2D eigenvalue weighted by molar-refractivity contribution is 5.55. The molecular formula is C18H21NO5. The van der Waals surface area contributed by atoms with Gasteiger partial charge in [-0.1, -0.05) is 0 Å². The third-order valence-corrected chi connectivity index (χ3v) is 6.15. The van der Waals surface area contributed by atoms with Gasteiger partial charge in [0.2, 0.25) is 6.79 Å². The fourth-order valence-corrected chi connectivity index (χ4v) is 5.02. The zero-order chi connectivity index (χ0) is 16.5. The summed E-state index contributed by atoms with van der Waals surface area (Å²) in [6, 6.07) is 3.79. The fraction of sp³-hybridized carbons (Fsp3) is 0.556. The molecule has 1 spiro atoms. The van der Waals surface area contributed by atoms with Crippen molar-refractivity contribution in [3.8, 4) is 11.5 Å². The molecule has 5 rings (SSSR count). The summed E-state index contributed by atoms with van der Waals surface area (Å²) in [7, 11) is 1.54. The summed E-state index contributed by atoms with van der Waals surface area (Å²) in [5.74, 6) is 1.78. The molecular weight excluding hydrogens is 310 g/mol. The Labute approximate surface area is 140 Å². The lowest BCUT2D eigenvalue weighted by Gasteiger charge is -2.45. The first kappa shape index (κ1) is 14.6. The predicted molar refractivity (Wildman–Crippen MR) is 84.8 cm³/mol. The van der Waals surface area contributed by atoms with E-state index in [1.807, 2.05) is 18.2 Å². The van der Waals surface area contributed by atoms with Crippen molar-refractivity contribution in [1.82, 2.24) is 4.90 Å². The second-order valence-corrected chi connectivity index (χ2v) is 7.05. The summed E-state index contributed by atoms with van der Waals surface area (Å²) in [6.45, 7) is 1.93. The van der Waals surface area contributed by atoms with Gasteiger partial charge in [-0.2, -0.15) is 0 Å². The highest BCUT2D eigenvalue weighted by atomic mass is 16.7. The van der Waals surface area contributed by atoms with E-state index >= 15 is 0 Å². The summed E-state index contributed by atoms with van der Waals surface area (Å²) in [4.78, 5) is 2.29. The van der Waals surface area contributed by atoms with Gasteiger partial charge in [0.05, 0.1) is 12.6 Å². The van der Waals surface area contributed by atoms with Gasteiger partial charge in [-0.15, -0.1) is 0 Å². The average molecular weight is 331 g/mol. The molecule has 0 saturated carbocycles. The zero-order valence-electron chi connectivity index (χ0n) is 13.6. The first-order valence-electron chi connectivity index (χ1n) is 8.45. The van der Waals surface area contributed by atoms with E-state index < -0.39 is 17.2 Å². The SMILES string of the molecule is COC1=C[C@@]23CCCN2CCc2cc4c(cc2[C@@]3(O)[C@H]1O)OCO4. The summed E-state index contributed by atoms with van der Waals surface area (Å²) in [6.07, 6.45) is 3.42. The molecule has 6 nitrogen and oxygen atoms in total. The third-order valence-electron chi connectivity index (χ3n) is 6.15. The van der Waals surface area contributed by atoms with Crippen LogP contribution < -0.4 is 9.47 Å². The van der Waals surface area contributed by atoms with E-state index in [2.05, 4.69) is 4.90 Å². The van der Waals surface area contributed by atoms with Gasteiger partial charge < -0.3 is 24.4 Å². The van der Waals surface area contributed by atoms with E-state index in [-0.39, 0.29) is 6.79 Å². The third kappa shape index (κ3) is 1.52. The van der Waals surface area contributed by atoms with Crippen LogP contribution in [0.15, 0.2) is 24.0 Å². The Morgan fingerprint density at radius 1 is 1.25 bits per heavy atom. The molecule has 24 heavy (non-hydrogen) atoms. The molecule has 0 unspecified atom stereocenters. The quantitative estimate of drug-likeness (QED) is 0.797. The van der Waals surface area contributed by atoms with Crippen LogP contribution >= 0.6 is 0 Å². The number of methoxy groups -OCH3 is 1. The van der Waals surface area contributed by atoms with E-state index in [0.717, 1.165) is 43.5 Å². The second-order valence-electron chi connectivity index (χ2n) is 7.05. The monoisotopic (exact) mass is 331 g/mol. The van der Waals surface area contributed by atoms with Gasteiger partial charge in [0.15, 0.2) is 11.5 Å². The molecule has 4 aliphatic rings. The van der Waals surface area contributed by atoms with E-state index in [1.165, 1.54) is 0 Å². The average Bonchev–Trinajstić information content (AvgIpc) is 3.25. The fourth-order valence-electron chi connectivity index (χ4n) is 5.02. The lowest BCUT2D eigenvalue weighted by Crippen LogP contribution is -2.59. The summed E-state index contributed by atoms with van der Waals surface area (Å²) in [5.41, 5.74) is -0.342. The Morgan fingerprint density at radius 3 is 2.83 bits per heavy atom. The Balaban J connectivity index is 1.77. The number of aliphatic hydroxyl groups is 2. The minimum Gasteiger partial charge on any atom is -0.498 e. The molecule has 1 aromatic rings. The van der Waals surface area contributed by atoms with Gasteiger partial charge in [-0.3, -0.25) is 4.90 Å². The van der Waals surface area contributed by atoms with Crippen LogP contribution in [0.4, 0.5) is 0 Å². The zero-order valence-corrected chi connectivity index (χ0v) is 13.6. The van der Waals surface area contributed by atoms with Gasteiger partial charge >= 0.3 is 0 Å². The van der Waals surface area contributed by atoms with Crippen LogP contribution in [0.1, 0.15) is 24.0 Å². The Kier molecular flexibility index (Phi) is 2.83. The molecule has 0 aromatic heterocycles. The second kappa shape index (κ2) is 4.65. The number of rotatable bonds is 1. The van der Waals surface area contributed by atoms with Crippen molar-refractivity contribution >= 4 is 0 Å². The van der Waals surface area contributed by atoms with Crippen LogP contribution in [0.25, 0.3) is 0 Å². The molecule has 1 fully saturated rings. The minimum absolute atomic E-state index is 0.193. The molecule has 1 aliphatic carbocycles. The Bertz CT molecular complexity index is 747. The molecule has 2 N–H and O–H groups in total. The number of nitrogens with zero attached hydrogens (tertiary/aromatic N) is 1. The lowest BCUT2D eigenvalue weighted by atomic mass is 9.73. The maximum Gasteiger partial charge on any atom is 0.231 e. The predicted octanol–water partition coefficient (Wildman–Crippen LogP) is 0.898. The van der Waals surface area contributed by atoms with E-state index in [4.69, 9.17) is 14.2 Å². The van der Waals surface area contributed by atoms with Crippen LogP contribution in [-0.4, -0.2) is 53.7 Å². The van der Waals surface area contributed by atoms with Gasteiger partial charge in [-0.05, 0) is 55.1 Å². The standard InChI is InChI=1S/C18H21NO5/c1-22-15-9-17-4-2-5-19(17)6-3-11-7-13-14(24-10-23-13)8-12(11)18(17,21)16(15)20/h7-9,16,20-21H,2-6,10H2,1H3/t16-,17+,18+/m0/s1. The summed E-state index contributed by atoms with van der Waals surface area (Å²) >= 11 is 0. The Morgan fingerprint density at radius 2 is 2.04 bits per heavy atom. The van der Waals surface area contributed by atoms with Gasteiger partial charge in [0, 0.05) is 6.54 Å². The minimum atomic E-state index is -1.44. The lowest BCUT2D eigenvalue weighted by molar-refractivity contribution is -0.132. The van der Waals surface area contributed by atoms with E-state index in [0.29, 0.717) is 17.3 Å². The Hall–Kier alpha value is -1.76. The first-order chi connectivity index (χ1) is 11.6. The van der Waals surface area contributed by atoms with Crippen molar-refractivity contribution in [3.05, 3.63) is 35.1 Å². The summed E-state index contributed by atoms with van der Waals surface area (Å²) < 4.78 is 16.4. The van der Waals surface area contributed by atoms with Crippen molar-refractivity contribution in [2.24, 2.45) is 0 Å². The number of benzene rings is 1. The molecule has 1 saturated heterocycles. The normalized spacial score (nSPS) is 36.6. The molecule has 3 atom stereocenters. The van der Waals surface area contributed by atoms with Crippen molar-refractivity contribution < 1.29 is 24.4 Å². The molecule has 0 bridgehead atoms. The first-order valence-corrected chi connectivity index (χ1v) is 8.45. The molecule has 3 aliphatic heterocycles. The van der Waals surface area contributed by atoms with E-state index in [9.17, 15) is 10.2 Å². The molecule has 128 valence electrons. The molecule has 0 amide bonds. The molecule has 6 heteroatoms. The topological polar surface area (TPSA) is 71.4 Å². The highest BCUT2D eigenvalue weighted by Gasteiger charge is 2.66. The van der Waals surface area contributed by atoms with Crippen LogP contribution in [0.3, 0.4) is 0 Å². The van der Waals surface area contributed by atoms with E-state index in [1.54, 1.807) is 7.11 Å². The number of hydrogen-bond acceptors (Lipinski definition) is 6. The highest BCUT2D eigenvalue weighted by Crippen LogP contribution is 2.57. The molecule has 3 heterocycles. The van der Waals surface area contributed by atoms with Crippen molar-refractivity contribution in [1.29, 1.82) is 0 Å². The van der Waals surface area contributed by atoms with Crippen molar-refractivity contribution in [3.63, 3.8) is 0 Å². The van der Waals surface area contributed by atoms with Gasteiger partial charge in [0.25, 0.3) is 0 Å². The van der Waals surface area contributed by atoms with Crippen LogP contribution in [0.2, 0.25) is 0 Å². The smallest absolute Gasteiger partial charge is 0.231 e. The van der Waals surface area contributed by atoms with Crippen molar-refractivity contribution in [2.45, 2.75) is 36.5 Å². The summed E-state index contributed by atoms with van der Waals surface area (Å²) in [5, 5.41) is 22.8. The number of aliphatic hydroxyl groups excluding tert-OH is 1. The maximum absolute atomic E-state index is 11.9. The van der Waals surface area contributed by atoms with Crippen LogP contribution in [-0.2, 0) is 16.8 Å². The van der Waals surface area contributed by atoms with Crippen LogP contribution in [0.5, 0.6) is 11.5 Å². The number of hydrogen-bond donors (Lipinski definition) is 2. The number of fused-ring (bicyclic) bond motifs is 3.